The van der Waals surface area contributed by atoms with Gasteiger partial charge in [0.15, 0.2) is 0 Å². The van der Waals surface area contributed by atoms with Crippen molar-refractivity contribution in [1.29, 1.82) is 0 Å². The van der Waals surface area contributed by atoms with E-state index in [9.17, 15) is 18.8 Å². The zero-order valence-electron chi connectivity index (χ0n) is 18.5. The summed E-state index contributed by atoms with van der Waals surface area (Å²) in [5, 5.41) is 5.43. The van der Waals surface area contributed by atoms with Crippen LogP contribution < -0.4 is 15.5 Å². The van der Waals surface area contributed by atoms with Crippen LogP contribution in [0.2, 0.25) is 0 Å². The highest BCUT2D eigenvalue weighted by Crippen LogP contribution is 2.21. The number of hydrogen-bond donors (Lipinski definition) is 2. The summed E-state index contributed by atoms with van der Waals surface area (Å²) in [7, 11) is 1.59. The quantitative estimate of drug-likeness (QED) is 0.539. The molecule has 8 heteroatoms. The summed E-state index contributed by atoms with van der Waals surface area (Å²) in [6, 6.07) is 17.2. The number of ether oxygens (including phenoxy) is 1. The van der Waals surface area contributed by atoms with Gasteiger partial charge in [-0.3, -0.25) is 14.5 Å². The number of benzene rings is 3. The average molecular weight is 449 g/mol. The number of anilines is 3. The van der Waals surface area contributed by atoms with Crippen LogP contribution >= 0.6 is 0 Å². The number of halogens is 1. The number of carbonyl (C=O) groups is 3. The molecule has 0 spiro atoms. The number of nitrogens with zero attached hydrogens (tertiary/aromatic N) is 1. The van der Waals surface area contributed by atoms with Gasteiger partial charge in [0.2, 0.25) is 0 Å². The minimum Gasteiger partial charge on any atom is -0.449 e. The molecule has 0 fully saturated rings. The molecule has 0 radical (unpaired) electrons. The van der Waals surface area contributed by atoms with Crippen LogP contribution in [0.1, 0.15) is 33.2 Å². The van der Waals surface area contributed by atoms with Crippen LogP contribution in [0.15, 0.2) is 66.7 Å². The second kappa shape index (κ2) is 10.4. The van der Waals surface area contributed by atoms with E-state index in [1.54, 1.807) is 63.4 Å². The minimum absolute atomic E-state index is 0.0837. The van der Waals surface area contributed by atoms with Gasteiger partial charge in [0.1, 0.15) is 5.82 Å². The highest BCUT2D eigenvalue weighted by molar-refractivity contribution is 6.08. The molecule has 170 valence electrons. The summed E-state index contributed by atoms with van der Waals surface area (Å²) in [4.78, 5) is 38.4. The van der Waals surface area contributed by atoms with E-state index >= 15 is 0 Å². The summed E-state index contributed by atoms with van der Waals surface area (Å²) in [6.45, 7) is 3.78. The van der Waals surface area contributed by atoms with E-state index in [0.717, 1.165) is 5.56 Å². The molecule has 3 amide bonds. The lowest BCUT2D eigenvalue weighted by molar-refractivity contribution is 0.101. The van der Waals surface area contributed by atoms with E-state index in [-0.39, 0.29) is 18.1 Å². The molecule has 0 saturated carbocycles. The van der Waals surface area contributed by atoms with Crippen molar-refractivity contribution in [2.24, 2.45) is 0 Å². The summed E-state index contributed by atoms with van der Waals surface area (Å²) < 4.78 is 18.9. The molecule has 0 aliphatic carbocycles. The van der Waals surface area contributed by atoms with Crippen molar-refractivity contribution in [2.75, 3.05) is 29.2 Å². The van der Waals surface area contributed by atoms with Crippen LogP contribution in [0.5, 0.6) is 0 Å². The molecule has 3 aromatic rings. The van der Waals surface area contributed by atoms with Crippen molar-refractivity contribution in [3.05, 3.63) is 89.2 Å². The predicted octanol–water partition coefficient (Wildman–Crippen LogP) is 5.23. The Hall–Kier alpha value is -4.20. The summed E-state index contributed by atoms with van der Waals surface area (Å²) in [5.41, 5.74) is 2.50. The summed E-state index contributed by atoms with van der Waals surface area (Å²) >= 11 is 0. The standard InChI is InChI=1S/C25H24FN3O4/c1-4-33-25(32)29(3)19-13-11-18(12-14-19)27-23(30)17-10-9-16(2)22(15-17)28-24(31)20-7-5-6-8-21(20)26/h5-15H,4H2,1-3H3,(H,27,30)(H,28,31). The lowest BCUT2D eigenvalue weighted by Gasteiger charge is -2.17. The molecule has 7 nitrogen and oxygen atoms in total. The van der Waals surface area contributed by atoms with Crippen molar-refractivity contribution in [3.63, 3.8) is 0 Å². The van der Waals surface area contributed by atoms with Crippen molar-refractivity contribution >= 4 is 35.0 Å². The third-order valence-corrected chi connectivity index (χ3v) is 4.92. The van der Waals surface area contributed by atoms with Crippen molar-refractivity contribution < 1.29 is 23.5 Å². The second-order valence-electron chi connectivity index (χ2n) is 7.22. The van der Waals surface area contributed by atoms with Gasteiger partial charge in [0, 0.05) is 29.7 Å². The molecule has 3 rings (SSSR count). The smallest absolute Gasteiger partial charge is 0.413 e. The summed E-state index contributed by atoms with van der Waals surface area (Å²) in [6.07, 6.45) is -0.473. The van der Waals surface area contributed by atoms with Gasteiger partial charge in [-0.2, -0.15) is 0 Å². The van der Waals surface area contributed by atoms with Gasteiger partial charge in [-0.05, 0) is 67.9 Å². The van der Waals surface area contributed by atoms with Gasteiger partial charge in [0.25, 0.3) is 11.8 Å². The van der Waals surface area contributed by atoms with Crippen LogP contribution in [0.25, 0.3) is 0 Å². The van der Waals surface area contributed by atoms with Crippen molar-refractivity contribution in [3.8, 4) is 0 Å². The lowest BCUT2D eigenvalue weighted by Crippen LogP contribution is -2.26. The second-order valence-corrected chi connectivity index (χ2v) is 7.22. The molecule has 0 atom stereocenters. The van der Waals surface area contributed by atoms with Gasteiger partial charge < -0.3 is 15.4 Å². The molecule has 0 bridgehead atoms. The van der Waals surface area contributed by atoms with E-state index in [0.29, 0.717) is 22.6 Å². The Morgan fingerprint density at radius 3 is 2.30 bits per heavy atom. The number of nitrogens with one attached hydrogen (secondary N) is 2. The van der Waals surface area contributed by atoms with Crippen LogP contribution in [-0.2, 0) is 4.74 Å². The fourth-order valence-electron chi connectivity index (χ4n) is 3.03. The largest absolute Gasteiger partial charge is 0.449 e. The molecule has 0 aromatic heterocycles. The number of carbonyl (C=O) groups excluding carboxylic acids is 3. The minimum atomic E-state index is -0.626. The first kappa shape index (κ1) is 23.5. The molecule has 0 unspecified atom stereocenters. The Kier molecular flexibility index (Phi) is 7.40. The van der Waals surface area contributed by atoms with Crippen molar-refractivity contribution in [1.82, 2.24) is 0 Å². The number of hydrogen-bond acceptors (Lipinski definition) is 4. The highest BCUT2D eigenvalue weighted by atomic mass is 19.1. The Morgan fingerprint density at radius 2 is 1.64 bits per heavy atom. The maximum atomic E-state index is 13.9. The third kappa shape index (κ3) is 5.74. The Morgan fingerprint density at radius 1 is 0.939 bits per heavy atom. The monoisotopic (exact) mass is 449 g/mol. The maximum Gasteiger partial charge on any atom is 0.413 e. The molecule has 2 N–H and O–H groups in total. The van der Waals surface area contributed by atoms with Gasteiger partial charge in [-0.15, -0.1) is 0 Å². The normalized spacial score (nSPS) is 10.3. The third-order valence-electron chi connectivity index (χ3n) is 4.92. The lowest BCUT2D eigenvalue weighted by atomic mass is 10.1. The van der Waals surface area contributed by atoms with Crippen LogP contribution in [0.4, 0.5) is 26.2 Å². The molecule has 0 saturated heterocycles. The van der Waals surface area contributed by atoms with E-state index in [2.05, 4.69) is 10.6 Å². The number of rotatable bonds is 6. The zero-order valence-corrected chi connectivity index (χ0v) is 18.5. The number of amides is 3. The molecule has 3 aromatic carbocycles. The summed E-state index contributed by atoms with van der Waals surface area (Å²) in [5.74, 6) is -1.61. The van der Waals surface area contributed by atoms with Gasteiger partial charge in [0.05, 0.1) is 12.2 Å². The molecular formula is C25H24FN3O4. The predicted molar refractivity (Wildman–Crippen MR) is 125 cm³/mol. The highest BCUT2D eigenvalue weighted by Gasteiger charge is 2.15. The van der Waals surface area contributed by atoms with Gasteiger partial charge >= 0.3 is 6.09 Å². The maximum absolute atomic E-state index is 13.9. The van der Waals surface area contributed by atoms with E-state index in [4.69, 9.17) is 4.74 Å². The van der Waals surface area contributed by atoms with Crippen LogP contribution in [0.3, 0.4) is 0 Å². The zero-order chi connectivity index (χ0) is 24.0. The Balaban J connectivity index is 1.71. The van der Waals surface area contributed by atoms with Crippen LogP contribution in [0, 0.1) is 12.7 Å². The molecule has 0 aliphatic rings. The fourth-order valence-corrected chi connectivity index (χ4v) is 3.03. The number of aryl methyl sites for hydroxylation is 1. The van der Waals surface area contributed by atoms with E-state index in [1.165, 1.54) is 29.2 Å². The Bertz CT molecular complexity index is 1180. The van der Waals surface area contributed by atoms with E-state index < -0.39 is 17.8 Å². The van der Waals surface area contributed by atoms with Crippen LogP contribution in [-0.4, -0.2) is 31.6 Å². The molecule has 0 aliphatic heterocycles. The first-order valence-electron chi connectivity index (χ1n) is 10.3. The molecular weight excluding hydrogens is 425 g/mol. The SMILES string of the molecule is CCOC(=O)N(C)c1ccc(NC(=O)c2ccc(C)c(NC(=O)c3ccccc3F)c2)cc1. The fraction of sp³-hybridized carbons (Fsp3) is 0.160. The van der Waals surface area contributed by atoms with Gasteiger partial charge in [-0.1, -0.05) is 18.2 Å². The van der Waals surface area contributed by atoms with E-state index in [1.807, 2.05) is 0 Å². The average Bonchev–Trinajstić information content (AvgIpc) is 2.80. The first-order chi connectivity index (χ1) is 15.8. The topological polar surface area (TPSA) is 87.7 Å². The first-order valence-corrected chi connectivity index (χ1v) is 10.3. The Labute approximate surface area is 191 Å². The molecule has 0 heterocycles. The van der Waals surface area contributed by atoms with Crippen molar-refractivity contribution in [2.45, 2.75) is 13.8 Å². The van der Waals surface area contributed by atoms with Gasteiger partial charge in [-0.25, -0.2) is 9.18 Å². The molecule has 33 heavy (non-hydrogen) atoms.